The highest BCUT2D eigenvalue weighted by molar-refractivity contribution is 5.63. The molecule has 4 heteroatoms. The first-order valence-corrected chi connectivity index (χ1v) is 5.07. The van der Waals surface area contributed by atoms with Crippen LogP contribution in [0.3, 0.4) is 0 Å². The zero-order valence-electron chi connectivity index (χ0n) is 9.36. The number of nitrogens with two attached hydrogens (primary N) is 1. The lowest BCUT2D eigenvalue weighted by Gasteiger charge is -2.07. The van der Waals surface area contributed by atoms with Crippen molar-refractivity contribution < 1.29 is 0 Å². The predicted molar refractivity (Wildman–Crippen MR) is 65.6 cm³/mol. The van der Waals surface area contributed by atoms with Gasteiger partial charge in [0.2, 0.25) is 0 Å². The van der Waals surface area contributed by atoms with E-state index in [9.17, 15) is 0 Å². The Morgan fingerprint density at radius 2 is 1.94 bits per heavy atom. The van der Waals surface area contributed by atoms with Gasteiger partial charge in [-0.3, -0.25) is 0 Å². The molecule has 0 aliphatic heterocycles. The number of hydrogen-bond donors (Lipinski definition) is 2. The molecule has 4 nitrogen and oxygen atoms in total. The fourth-order valence-electron chi connectivity index (χ4n) is 1.39. The van der Waals surface area contributed by atoms with Crippen molar-refractivity contribution in [2.75, 3.05) is 11.1 Å². The van der Waals surface area contributed by atoms with Crippen LogP contribution < -0.4 is 11.1 Å². The zero-order chi connectivity index (χ0) is 11.5. The maximum Gasteiger partial charge on any atom is 0.133 e. The van der Waals surface area contributed by atoms with Crippen molar-refractivity contribution in [1.82, 2.24) is 9.97 Å². The molecule has 0 radical (unpaired) electrons. The van der Waals surface area contributed by atoms with Gasteiger partial charge in [-0.25, -0.2) is 9.97 Å². The van der Waals surface area contributed by atoms with Crippen molar-refractivity contribution in [2.45, 2.75) is 13.8 Å². The molecule has 16 heavy (non-hydrogen) atoms. The van der Waals surface area contributed by atoms with Crippen LogP contribution in [0.4, 0.5) is 17.2 Å². The fourth-order valence-corrected chi connectivity index (χ4v) is 1.39. The predicted octanol–water partition coefficient (Wildman–Crippen LogP) is 2.42. The van der Waals surface area contributed by atoms with Gasteiger partial charge in [-0.2, -0.15) is 0 Å². The van der Waals surface area contributed by atoms with Gasteiger partial charge in [0.05, 0.1) is 0 Å². The summed E-state index contributed by atoms with van der Waals surface area (Å²) in [7, 11) is 0. The Labute approximate surface area is 94.5 Å². The number of hydrogen-bond acceptors (Lipinski definition) is 4. The number of nitrogen functional groups attached to an aromatic ring is 1. The van der Waals surface area contributed by atoms with Crippen molar-refractivity contribution in [1.29, 1.82) is 0 Å². The summed E-state index contributed by atoms with van der Waals surface area (Å²) in [4.78, 5) is 8.16. The largest absolute Gasteiger partial charge is 0.398 e. The molecular formula is C12H14N4. The van der Waals surface area contributed by atoms with Gasteiger partial charge in [0.15, 0.2) is 0 Å². The van der Waals surface area contributed by atoms with E-state index in [4.69, 9.17) is 5.73 Å². The van der Waals surface area contributed by atoms with Crippen LogP contribution in [0, 0.1) is 13.8 Å². The van der Waals surface area contributed by atoms with E-state index in [1.165, 1.54) is 6.33 Å². The minimum absolute atomic E-state index is 0.774. The average molecular weight is 214 g/mol. The minimum atomic E-state index is 0.774. The summed E-state index contributed by atoms with van der Waals surface area (Å²) in [6.07, 6.45) is 1.54. The fraction of sp³-hybridized carbons (Fsp3) is 0.167. The number of aryl methyl sites for hydroxylation is 2. The Morgan fingerprint density at radius 3 is 2.62 bits per heavy atom. The Kier molecular flexibility index (Phi) is 2.72. The number of anilines is 3. The van der Waals surface area contributed by atoms with Crippen LogP contribution in [0.5, 0.6) is 0 Å². The lowest BCUT2D eigenvalue weighted by molar-refractivity contribution is 1.10. The molecule has 0 aliphatic rings. The summed E-state index contributed by atoms with van der Waals surface area (Å²) in [6, 6.07) is 7.73. The molecule has 0 fully saturated rings. The van der Waals surface area contributed by atoms with Crippen LogP contribution in [0.2, 0.25) is 0 Å². The third-order valence-electron chi connectivity index (χ3n) is 2.36. The molecule has 1 aromatic heterocycles. The van der Waals surface area contributed by atoms with Crippen LogP contribution in [-0.2, 0) is 0 Å². The first-order valence-electron chi connectivity index (χ1n) is 5.07. The second kappa shape index (κ2) is 4.18. The first kappa shape index (κ1) is 10.4. The maximum absolute atomic E-state index is 5.83. The van der Waals surface area contributed by atoms with E-state index in [1.807, 2.05) is 38.1 Å². The van der Waals surface area contributed by atoms with Crippen molar-refractivity contribution in [3.8, 4) is 0 Å². The molecule has 1 heterocycles. The average Bonchev–Trinajstić information content (AvgIpc) is 2.24. The maximum atomic E-state index is 5.83. The molecule has 2 rings (SSSR count). The van der Waals surface area contributed by atoms with Gasteiger partial charge in [-0.1, -0.05) is 6.07 Å². The van der Waals surface area contributed by atoms with Crippen molar-refractivity contribution >= 4 is 17.2 Å². The Bertz CT molecular complexity index is 508. The summed E-state index contributed by atoms with van der Waals surface area (Å²) in [6.45, 7) is 3.91. The Balaban J connectivity index is 2.24. The van der Waals surface area contributed by atoms with E-state index >= 15 is 0 Å². The summed E-state index contributed by atoms with van der Waals surface area (Å²) in [5, 5.41) is 3.18. The highest BCUT2D eigenvalue weighted by atomic mass is 15.0. The van der Waals surface area contributed by atoms with Crippen LogP contribution in [0.25, 0.3) is 0 Å². The molecule has 2 aromatic rings. The second-order valence-corrected chi connectivity index (χ2v) is 3.74. The number of aromatic nitrogens is 2. The van der Waals surface area contributed by atoms with E-state index in [-0.39, 0.29) is 0 Å². The third-order valence-corrected chi connectivity index (χ3v) is 2.36. The summed E-state index contributed by atoms with van der Waals surface area (Å²) in [5.41, 5.74) is 9.54. The molecule has 3 N–H and O–H groups in total. The molecular weight excluding hydrogens is 200 g/mol. The molecule has 0 atom stereocenters. The lowest BCUT2D eigenvalue weighted by Crippen LogP contribution is -1.97. The smallest absolute Gasteiger partial charge is 0.133 e. The quantitative estimate of drug-likeness (QED) is 0.753. The van der Waals surface area contributed by atoms with Gasteiger partial charge in [-0.05, 0) is 31.5 Å². The highest BCUT2D eigenvalue weighted by Gasteiger charge is 1.99. The number of nitrogens with zero attached hydrogens (tertiary/aromatic N) is 2. The topological polar surface area (TPSA) is 63.8 Å². The van der Waals surface area contributed by atoms with Gasteiger partial charge in [0.25, 0.3) is 0 Å². The van der Waals surface area contributed by atoms with Crippen molar-refractivity contribution in [3.63, 3.8) is 0 Å². The van der Waals surface area contributed by atoms with Gasteiger partial charge in [0.1, 0.15) is 12.1 Å². The Hall–Kier alpha value is -2.10. The number of benzene rings is 1. The molecule has 82 valence electrons. The molecule has 0 unspecified atom stereocenters. The minimum Gasteiger partial charge on any atom is -0.398 e. The number of rotatable bonds is 2. The Morgan fingerprint density at radius 1 is 1.12 bits per heavy atom. The molecule has 1 aromatic carbocycles. The normalized spacial score (nSPS) is 10.1. The van der Waals surface area contributed by atoms with Gasteiger partial charge in [-0.15, -0.1) is 0 Å². The molecule has 0 spiro atoms. The molecule has 0 aliphatic carbocycles. The summed E-state index contributed by atoms with van der Waals surface area (Å²) < 4.78 is 0. The second-order valence-electron chi connectivity index (χ2n) is 3.74. The van der Waals surface area contributed by atoms with Crippen molar-refractivity contribution in [2.24, 2.45) is 0 Å². The van der Waals surface area contributed by atoms with E-state index in [2.05, 4.69) is 15.3 Å². The molecule has 0 saturated heterocycles. The molecule has 0 bridgehead atoms. The van der Waals surface area contributed by atoms with Crippen LogP contribution >= 0.6 is 0 Å². The zero-order valence-corrected chi connectivity index (χ0v) is 9.36. The van der Waals surface area contributed by atoms with Crippen molar-refractivity contribution in [3.05, 3.63) is 41.9 Å². The highest BCUT2D eigenvalue weighted by Crippen LogP contribution is 2.20. The van der Waals surface area contributed by atoms with Crippen LogP contribution in [0.15, 0.2) is 30.6 Å². The third kappa shape index (κ3) is 2.28. The molecule has 0 saturated carbocycles. The standard InChI is InChI=1S/C12H14N4/c1-8-3-4-10(6-11(8)13)16-12-5-9(2)14-7-15-12/h3-7H,13H2,1-2H3,(H,14,15,16). The summed E-state index contributed by atoms with van der Waals surface area (Å²) >= 11 is 0. The number of nitrogens with one attached hydrogen (secondary N) is 1. The van der Waals surface area contributed by atoms with Crippen LogP contribution in [0.1, 0.15) is 11.3 Å². The van der Waals surface area contributed by atoms with Crippen LogP contribution in [-0.4, -0.2) is 9.97 Å². The monoisotopic (exact) mass is 214 g/mol. The van der Waals surface area contributed by atoms with E-state index < -0.39 is 0 Å². The van der Waals surface area contributed by atoms with E-state index in [1.54, 1.807) is 0 Å². The SMILES string of the molecule is Cc1cc(Nc2ccc(C)c(N)c2)ncn1. The summed E-state index contributed by atoms with van der Waals surface area (Å²) in [5.74, 6) is 0.774. The van der Waals surface area contributed by atoms with E-state index in [0.29, 0.717) is 0 Å². The first-order chi connectivity index (χ1) is 7.65. The van der Waals surface area contributed by atoms with Gasteiger partial charge >= 0.3 is 0 Å². The van der Waals surface area contributed by atoms with Gasteiger partial charge in [0, 0.05) is 23.1 Å². The van der Waals surface area contributed by atoms with Gasteiger partial charge < -0.3 is 11.1 Å². The van der Waals surface area contributed by atoms with E-state index in [0.717, 1.165) is 28.5 Å². The molecule has 0 amide bonds. The lowest BCUT2D eigenvalue weighted by atomic mass is 10.2.